The van der Waals surface area contributed by atoms with Gasteiger partial charge in [-0.3, -0.25) is 4.98 Å². The molecule has 2 aromatic heterocycles. The van der Waals surface area contributed by atoms with Crippen molar-refractivity contribution in [2.45, 2.75) is 25.8 Å². The summed E-state index contributed by atoms with van der Waals surface area (Å²) in [6.45, 7) is 2.92. The van der Waals surface area contributed by atoms with Crippen molar-refractivity contribution in [3.8, 4) is 0 Å². The highest BCUT2D eigenvalue weighted by atomic mass is 32.1. The summed E-state index contributed by atoms with van der Waals surface area (Å²) in [7, 11) is 0. The Morgan fingerprint density at radius 3 is 2.94 bits per heavy atom. The minimum absolute atomic E-state index is 0.114. The molecule has 0 aliphatic carbocycles. The largest absolute Gasteiger partial charge is 0.308 e. The summed E-state index contributed by atoms with van der Waals surface area (Å²) in [5.74, 6) is -0.261. The fraction of sp³-hybridized carbons (Fsp3) is 0.385. The van der Waals surface area contributed by atoms with Crippen LogP contribution in [-0.4, -0.2) is 16.5 Å². The van der Waals surface area contributed by atoms with E-state index in [2.05, 4.69) is 22.2 Å². The number of nitrogens with zero attached hydrogens (tertiary/aromatic N) is 2. The van der Waals surface area contributed by atoms with Crippen molar-refractivity contribution in [1.29, 1.82) is 0 Å². The average molecular weight is 265 g/mol. The molecule has 2 rings (SSSR count). The smallest absolute Gasteiger partial charge is 0.146 e. The quantitative estimate of drug-likeness (QED) is 0.872. The second-order valence-corrected chi connectivity index (χ2v) is 4.99. The van der Waals surface area contributed by atoms with Crippen molar-refractivity contribution in [3.63, 3.8) is 0 Å². The van der Waals surface area contributed by atoms with E-state index in [1.54, 1.807) is 29.8 Å². The summed E-state index contributed by atoms with van der Waals surface area (Å²) < 4.78 is 13.8. The molecule has 0 bridgehead atoms. The molecule has 0 amide bonds. The van der Waals surface area contributed by atoms with Crippen LogP contribution in [0, 0.1) is 5.82 Å². The summed E-state index contributed by atoms with van der Waals surface area (Å²) in [5.41, 5.74) is 0.473. The molecule has 2 aromatic rings. The van der Waals surface area contributed by atoms with Gasteiger partial charge in [0, 0.05) is 24.2 Å². The SMILES string of the molecule is CCCNC(Cc1nccs1)c1ncccc1F. The second-order valence-electron chi connectivity index (χ2n) is 4.01. The van der Waals surface area contributed by atoms with Crippen LogP contribution in [-0.2, 0) is 6.42 Å². The second kappa shape index (κ2) is 6.56. The number of rotatable bonds is 6. The first-order valence-electron chi connectivity index (χ1n) is 6.03. The molecule has 1 N–H and O–H groups in total. The van der Waals surface area contributed by atoms with Crippen molar-refractivity contribution < 1.29 is 4.39 Å². The lowest BCUT2D eigenvalue weighted by molar-refractivity contribution is 0.482. The number of nitrogens with one attached hydrogen (secondary N) is 1. The van der Waals surface area contributed by atoms with Gasteiger partial charge in [0.25, 0.3) is 0 Å². The number of pyridine rings is 1. The van der Waals surface area contributed by atoms with E-state index in [1.165, 1.54) is 6.07 Å². The molecule has 1 atom stereocenters. The lowest BCUT2D eigenvalue weighted by atomic mass is 10.1. The Morgan fingerprint density at radius 1 is 1.39 bits per heavy atom. The van der Waals surface area contributed by atoms with Gasteiger partial charge in [0.2, 0.25) is 0 Å². The summed E-state index contributed by atoms with van der Waals surface area (Å²) in [6.07, 6.45) is 5.07. The van der Waals surface area contributed by atoms with E-state index in [9.17, 15) is 4.39 Å². The standard InChI is InChI=1S/C13H16FN3S/c1-2-5-15-11(9-12-16-7-8-18-12)13-10(14)4-3-6-17-13/h3-4,6-8,11,15H,2,5,9H2,1H3. The third-order valence-electron chi connectivity index (χ3n) is 2.62. The molecule has 0 aromatic carbocycles. The summed E-state index contributed by atoms with van der Waals surface area (Å²) in [6, 6.07) is 2.95. The lowest BCUT2D eigenvalue weighted by Crippen LogP contribution is -2.25. The Balaban J connectivity index is 2.16. The minimum Gasteiger partial charge on any atom is -0.308 e. The Kier molecular flexibility index (Phi) is 4.78. The van der Waals surface area contributed by atoms with Crippen molar-refractivity contribution in [2.75, 3.05) is 6.54 Å². The van der Waals surface area contributed by atoms with Gasteiger partial charge in [0.05, 0.1) is 16.7 Å². The summed E-state index contributed by atoms with van der Waals surface area (Å²) in [4.78, 5) is 8.40. The van der Waals surface area contributed by atoms with Crippen LogP contribution in [0.1, 0.15) is 30.1 Å². The molecular formula is C13H16FN3S. The van der Waals surface area contributed by atoms with Gasteiger partial charge >= 0.3 is 0 Å². The first kappa shape index (κ1) is 13.1. The molecule has 96 valence electrons. The zero-order valence-electron chi connectivity index (χ0n) is 10.3. The molecule has 0 radical (unpaired) electrons. The Bertz CT molecular complexity index is 473. The van der Waals surface area contributed by atoms with E-state index < -0.39 is 0 Å². The topological polar surface area (TPSA) is 37.8 Å². The first-order chi connectivity index (χ1) is 8.81. The third-order valence-corrected chi connectivity index (χ3v) is 3.42. The predicted molar refractivity (Wildman–Crippen MR) is 71.0 cm³/mol. The molecule has 5 heteroatoms. The fourth-order valence-corrected chi connectivity index (χ4v) is 2.43. The van der Waals surface area contributed by atoms with Crippen LogP contribution in [0.25, 0.3) is 0 Å². The zero-order valence-corrected chi connectivity index (χ0v) is 11.1. The molecule has 0 spiro atoms. The van der Waals surface area contributed by atoms with Gasteiger partial charge in [-0.1, -0.05) is 6.92 Å². The number of halogens is 1. The monoisotopic (exact) mass is 265 g/mol. The summed E-state index contributed by atoms with van der Waals surface area (Å²) >= 11 is 1.58. The van der Waals surface area contributed by atoms with Gasteiger partial charge in [-0.05, 0) is 25.1 Å². The van der Waals surface area contributed by atoms with Crippen LogP contribution in [0.15, 0.2) is 29.9 Å². The van der Waals surface area contributed by atoms with E-state index in [4.69, 9.17) is 0 Å². The highest BCUT2D eigenvalue weighted by molar-refractivity contribution is 7.09. The number of aromatic nitrogens is 2. The molecule has 0 saturated heterocycles. The maximum Gasteiger partial charge on any atom is 0.146 e. The minimum atomic E-state index is -0.261. The van der Waals surface area contributed by atoms with Gasteiger partial charge < -0.3 is 5.32 Å². The zero-order chi connectivity index (χ0) is 12.8. The molecule has 3 nitrogen and oxygen atoms in total. The van der Waals surface area contributed by atoms with Crippen molar-refractivity contribution in [3.05, 3.63) is 46.4 Å². The fourth-order valence-electron chi connectivity index (χ4n) is 1.77. The number of hydrogen-bond acceptors (Lipinski definition) is 4. The Morgan fingerprint density at radius 2 is 2.28 bits per heavy atom. The summed E-state index contributed by atoms with van der Waals surface area (Å²) in [5, 5.41) is 6.25. The normalized spacial score (nSPS) is 12.6. The Hall–Kier alpha value is -1.33. The van der Waals surface area contributed by atoms with Crippen molar-refractivity contribution >= 4 is 11.3 Å². The van der Waals surface area contributed by atoms with Gasteiger partial charge in [0.15, 0.2) is 0 Å². The van der Waals surface area contributed by atoms with E-state index in [0.717, 1.165) is 18.0 Å². The van der Waals surface area contributed by atoms with Crippen LogP contribution in [0.4, 0.5) is 4.39 Å². The van der Waals surface area contributed by atoms with E-state index >= 15 is 0 Å². The molecule has 0 fully saturated rings. The maximum absolute atomic E-state index is 13.8. The number of hydrogen-bond donors (Lipinski definition) is 1. The highest BCUT2D eigenvalue weighted by Gasteiger charge is 2.17. The average Bonchev–Trinajstić information content (AvgIpc) is 2.88. The molecule has 1 unspecified atom stereocenters. The Labute approximate surface area is 110 Å². The predicted octanol–water partition coefficient (Wildman–Crippen LogP) is 2.96. The van der Waals surface area contributed by atoms with Gasteiger partial charge in [-0.15, -0.1) is 11.3 Å². The van der Waals surface area contributed by atoms with Gasteiger partial charge in [-0.2, -0.15) is 0 Å². The van der Waals surface area contributed by atoms with Crippen LogP contribution in [0.3, 0.4) is 0 Å². The molecule has 2 heterocycles. The van der Waals surface area contributed by atoms with Crippen LogP contribution in [0.2, 0.25) is 0 Å². The number of thiazole rings is 1. The van der Waals surface area contributed by atoms with Crippen LogP contribution < -0.4 is 5.32 Å². The lowest BCUT2D eigenvalue weighted by Gasteiger charge is -2.17. The van der Waals surface area contributed by atoms with E-state index in [0.29, 0.717) is 12.1 Å². The van der Waals surface area contributed by atoms with Gasteiger partial charge in [-0.25, -0.2) is 9.37 Å². The highest BCUT2D eigenvalue weighted by Crippen LogP contribution is 2.20. The van der Waals surface area contributed by atoms with Crippen LogP contribution in [0.5, 0.6) is 0 Å². The van der Waals surface area contributed by atoms with Crippen molar-refractivity contribution in [2.24, 2.45) is 0 Å². The van der Waals surface area contributed by atoms with E-state index in [1.807, 2.05) is 5.38 Å². The molecule has 0 aliphatic rings. The molecule has 0 saturated carbocycles. The van der Waals surface area contributed by atoms with Crippen molar-refractivity contribution in [1.82, 2.24) is 15.3 Å². The molecule has 0 aliphatic heterocycles. The molecular weight excluding hydrogens is 249 g/mol. The maximum atomic E-state index is 13.8. The van der Waals surface area contributed by atoms with Crippen LogP contribution >= 0.6 is 11.3 Å². The third kappa shape index (κ3) is 3.34. The van der Waals surface area contributed by atoms with Gasteiger partial charge in [0.1, 0.15) is 5.82 Å². The first-order valence-corrected chi connectivity index (χ1v) is 6.91. The van der Waals surface area contributed by atoms with E-state index in [-0.39, 0.29) is 11.9 Å². The molecule has 18 heavy (non-hydrogen) atoms.